The van der Waals surface area contributed by atoms with Gasteiger partial charge in [-0.2, -0.15) is 0 Å². The molecule has 3 rings (SSSR count). The Balaban J connectivity index is 2.08. The molecule has 1 heterocycles. The molecule has 5 nitrogen and oxygen atoms in total. The van der Waals surface area contributed by atoms with E-state index in [1.54, 1.807) is 19.4 Å². The van der Waals surface area contributed by atoms with Gasteiger partial charge < -0.3 is 15.2 Å². The molecule has 0 aliphatic carbocycles. The molecule has 0 aliphatic heterocycles. The predicted molar refractivity (Wildman–Crippen MR) is 112 cm³/mol. The lowest BCUT2D eigenvalue weighted by Crippen LogP contribution is -2.26. The quantitative estimate of drug-likeness (QED) is 0.706. The normalized spacial score (nSPS) is 11.5. The highest BCUT2D eigenvalue weighted by Gasteiger charge is 2.15. The maximum absolute atomic E-state index is 12.2. The van der Waals surface area contributed by atoms with Crippen molar-refractivity contribution in [2.75, 3.05) is 20.3 Å². The molecule has 2 N–H and O–H groups in total. The summed E-state index contributed by atoms with van der Waals surface area (Å²) in [7, 11) is 1.62. The topological polar surface area (TPSA) is 71.5 Å². The van der Waals surface area contributed by atoms with Gasteiger partial charge in [0.1, 0.15) is 5.75 Å². The van der Waals surface area contributed by atoms with E-state index in [9.17, 15) is 4.79 Å². The summed E-state index contributed by atoms with van der Waals surface area (Å²) in [5.74, 6) is 0.444. The smallest absolute Gasteiger partial charge is 0.252 e. The van der Waals surface area contributed by atoms with Gasteiger partial charge in [0.25, 0.3) is 5.91 Å². The zero-order valence-electron chi connectivity index (χ0n) is 16.7. The number of nitrogens with zero attached hydrogens (tertiary/aromatic N) is 1. The number of hydrogen-bond acceptors (Lipinski definition) is 4. The van der Waals surface area contributed by atoms with Crippen LogP contribution in [0.5, 0.6) is 5.75 Å². The largest absolute Gasteiger partial charge is 0.497 e. The summed E-state index contributed by atoms with van der Waals surface area (Å²) in [5, 5.41) is 12.4. The second-order valence-electron chi connectivity index (χ2n) is 7.78. The lowest BCUT2D eigenvalue weighted by Gasteiger charge is -2.19. The van der Waals surface area contributed by atoms with Crippen LogP contribution in [0.1, 0.15) is 36.7 Å². The van der Waals surface area contributed by atoms with E-state index in [4.69, 9.17) is 9.84 Å². The number of carbonyl (C=O) groups is 1. The van der Waals surface area contributed by atoms with E-state index in [0.29, 0.717) is 11.3 Å². The Morgan fingerprint density at radius 1 is 1.14 bits per heavy atom. The lowest BCUT2D eigenvalue weighted by molar-refractivity contribution is 0.0944. The number of nitrogens with one attached hydrogen (secondary N) is 1. The summed E-state index contributed by atoms with van der Waals surface area (Å²) in [5.41, 5.74) is 4.61. The van der Waals surface area contributed by atoms with Crippen LogP contribution in [-0.4, -0.2) is 36.3 Å². The molecule has 0 radical (unpaired) electrons. The minimum atomic E-state index is -0.262. The third-order valence-electron chi connectivity index (χ3n) is 4.71. The van der Waals surface area contributed by atoms with Crippen molar-refractivity contribution in [2.45, 2.75) is 26.2 Å². The van der Waals surface area contributed by atoms with Crippen molar-refractivity contribution in [1.29, 1.82) is 0 Å². The van der Waals surface area contributed by atoms with Crippen LogP contribution in [0.2, 0.25) is 0 Å². The molecule has 0 saturated heterocycles. The van der Waals surface area contributed by atoms with E-state index in [-0.39, 0.29) is 24.5 Å². The number of hydrogen-bond donors (Lipinski definition) is 2. The van der Waals surface area contributed by atoms with Crippen LogP contribution in [0.4, 0.5) is 0 Å². The minimum Gasteiger partial charge on any atom is -0.497 e. The van der Waals surface area contributed by atoms with Crippen molar-refractivity contribution in [2.24, 2.45) is 0 Å². The van der Waals surface area contributed by atoms with Gasteiger partial charge in [-0.3, -0.25) is 9.78 Å². The third-order valence-corrected chi connectivity index (χ3v) is 4.71. The number of aliphatic hydroxyl groups excluding tert-OH is 1. The molecule has 0 spiro atoms. The minimum absolute atomic E-state index is 0.0874. The van der Waals surface area contributed by atoms with Crippen LogP contribution in [0.25, 0.3) is 22.0 Å². The number of aromatic nitrogens is 1. The second kappa shape index (κ2) is 7.98. The van der Waals surface area contributed by atoms with E-state index in [1.165, 1.54) is 5.56 Å². The van der Waals surface area contributed by atoms with Crippen molar-refractivity contribution in [1.82, 2.24) is 10.3 Å². The molecule has 0 bridgehead atoms. The van der Waals surface area contributed by atoms with Crippen molar-refractivity contribution in [3.63, 3.8) is 0 Å². The van der Waals surface area contributed by atoms with E-state index in [1.807, 2.05) is 12.1 Å². The SMILES string of the molecule is COc1cc(-c2ccc(C(C)(C)C)cc2)c2ncc(C(=O)NCCO)cc2c1. The standard InChI is InChI=1S/C23H26N2O3/c1-23(2,3)18-7-5-15(6-8-18)20-13-19(28-4)12-16-11-17(14-25-21(16)20)22(27)24-9-10-26/h5-8,11-14,26H,9-10H2,1-4H3,(H,24,27). The van der Waals surface area contributed by atoms with Crippen LogP contribution in [0.3, 0.4) is 0 Å². The predicted octanol–water partition coefficient (Wildman–Crippen LogP) is 3.93. The zero-order chi connectivity index (χ0) is 20.3. The molecular weight excluding hydrogens is 352 g/mol. The fraction of sp³-hybridized carbons (Fsp3) is 0.304. The fourth-order valence-corrected chi connectivity index (χ4v) is 3.11. The Morgan fingerprint density at radius 3 is 2.46 bits per heavy atom. The first kappa shape index (κ1) is 19.8. The summed E-state index contributed by atoms with van der Waals surface area (Å²) >= 11 is 0. The number of benzene rings is 2. The third kappa shape index (κ3) is 4.15. The van der Waals surface area contributed by atoms with Crippen LogP contribution < -0.4 is 10.1 Å². The van der Waals surface area contributed by atoms with Crippen molar-refractivity contribution in [3.05, 3.63) is 59.8 Å². The molecule has 3 aromatic rings. The number of pyridine rings is 1. The van der Waals surface area contributed by atoms with Gasteiger partial charge in [-0.25, -0.2) is 0 Å². The number of carbonyl (C=O) groups excluding carboxylic acids is 1. The van der Waals surface area contributed by atoms with Crippen LogP contribution in [-0.2, 0) is 5.41 Å². The molecule has 0 fully saturated rings. The van der Waals surface area contributed by atoms with Crippen LogP contribution in [0.15, 0.2) is 48.7 Å². The molecule has 0 saturated carbocycles. The molecule has 2 aromatic carbocycles. The van der Waals surface area contributed by atoms with Gasteiger partial charge in [-0.1, -0.05) is 45.0 Å². The number of ether oxygens (including phenoxy) is 1. The van der Waals surface area contributed by atoms with Gasteiger partial charge in [0.05, 0.1) is 24.8 Å². The van der Waals surface area contributed by atoms with Crippen molar-refractivity contribution in [3.8, 4) is 16.9 Å². The first-order valence-electron chi connectivity index (χ1n) is 9.31. The summed E-state index contributed by atoms with van der Waals surface area (Å²) in [6.45, 7) is 6.67. The molecule has 0 aliphatic rings. The van der Waals surface area contributed by atoms with Gasteiger partial charge in [0.15, 0.2) is 0 Å². The number of rotatable bonds is 5. The Kier molecular flexibility index (Phi) is 5.66. The Hall–Kier alpha value is -2.92. The van der Waals surface area contributed by atoms with E-state index < -0.39 is 0 Å². The number of amides is 1. The van der Waals surface area contributed by atoms with Crippen molar-refractivity contribution >= 4 is 16.8 Å². The Bertz CT molecular complexity index is 989. The fourth-order valence-electron chi connectivity index (χ4n) is 3.11. The Labute approximate surface area is 165 Å². The van der Waals surface area contributed by atoms with E-state index in [0.717, 1.165) is 22.0 Å². The maximum atomic E-state index is 12.2. The van der Waals surface area contributed by atoms with Gasteiger partial charge in [-0.15, -0.1) is 0 Å². The zero-order valence-corrected chi connectivity index (χ0v) is 16.7. The molecule has 146 valence electrons. The second-order valence-corrected chi connectivity index (χ2v) is 7.78. The van der Waals surface area contributed by atoms with Gasteiger partial charge in [0.2, 0.25) is 0 Å². The monoisotopic (exact) mass is 378 g/mol. The first-order valence-corrected chi connectivity index (χ1v) is 9.31. The summed E-state index contributed by atoms with van der Waals surface area (Å²) in [6.07, 6.45) is 1.56. The molecule has 0 unspecified atom stereocenters. The van der Waals surface area contributed by atoms with Gasteiger partial charge >= 0.3 is 0 Å². The average molecular weight is 378 g/mol. The molecule has 0 atom stereocenters. The van der Waals surface area contributed by atoms with Crippen LogP contribution in [0, 0.1) is 0 Å². The van der Waals surface area contributed by atoms with E-state index in [2.05, 4.69) is 55.3 Å². The maximum Gasteiger partial charge on any atom is 0.252 e. The van der Waals surface area contributed by atoms with Gasteiger partial charge in [-0.05, 0) is 34.7 Å². The number of fused-ring (bicyclic) bond motifs is 1. The Morgan fingerprint density at radius 2 is 1.86 bits per heavy atom. The summed E-state index contributed by atoms with van der Waals surface area (Å²) < 4.78 is 5.47. The highest BCUT2D eigenvalue weighted by Crippen LogP contribution is 2.33. The highest BCUT2D eigenvalue weighted by molar-refractivity contribution is 6.01. The lowest BCUT2D eigenvalue weighted by atomic mass is 9.86. The first-order chi connectivity index (χ1) is 13.3. The molecular formula is C23H26N2O3. The van der Waals surface area contributed by atoms with Crippen molar-refractivity contribution < 1.29 is 14.6 Å². The highest BCUT2D eigenvalue weighted by atomic mass is 16.5. The van der Waals surface area contributed by atoms with Gasteiger partial charge in [0, 0.05) is 23.7 Å². The number of methoxy groups -OCH3 is 1. The summed E-state index contributed by atoms with van der Waals surface area (Å²) in [6, 6.07) is 14.1. The molecule has 1 aromatic heterocycles. The number of aliphatic hydroxyl groups is 1. The van der Waals surface area contributed by atoms with E-state index >= 15 is 0 Å². The molecule has 1 amide bonds. The average Bonchev–Trinajstić information content (AvgIpc) is 2.70. The molecule has 28 heavy (non-hydrogen) atoms. The summed E-state index contributed by atoms with van der Waals surface area (Å²) in [4.78, 5) is 16.7. The molecule has 5 heteroatoms. The van der Waals surface area contributed by atoms with Crippen LogP contribution >= 0.6 is 0 Å².